The van der Waals surface area contributed by atoms with Gasteiger partial charge >= 0.3 is 6.03 Å². The first-order valence-electron chi connectivity index (χ1n) is 2.88. The van der Waals surface area contributed by atoms with Crippen LogP contribution in [0.5, 0.6) is 0 Å². The van der Waals surface area contributed by atoms with Gasteiger partial charge in [0.2, 0.25) is 0 Å². The lowest BCUT2D eigenvalue weighted by Crippen LogP contribution is -2.53. The Kier molecular flexibility index (Phi) is 3.93. The predicted molar refractivity (Wildman–Crippen MR) is 37.9 cm³/mol. The Labute approximate surface area is 63.2 Å². The predicted octanol–water partition coefficient (Wildman–Crippen LogP) is -3.03. The minimum absolute atomic E-state index is 0.0496. The van der Waals surface area contributed by atoms with E-state index in [2.05, 4.69) is 5.32 Å². The smallest absolute Gasteiger partial charge is 0.312 e. The Balaban J connectivity index is 3.94. The summed E-state index contributed by atoms with van der Waals surface area (Å²) in [6.07, 6.45) is 0. The second kappa shape index (κ2) is 4.47. The minimum atomic E-state index is -0.863. The first kappa shape index (κ1) is 9.66. The molecule has 0 aliphatic rings. The number of hydrogen-bond donors (Lipinski definition) is 5. The number of hydrogen-bond acceptors (Lipinski definition) is 4. The van der Waals surface area contributed by atoms with Crippen molar-refractivity contribution in [3.05, 3.63) is 0 Å². The summed E-state index contributed by atoms with van der Waals surface area (Å²) in [6.45, 7) is -0.0496. The fraction of sp³-hybridized carbons (Fsp3) is 0.500. The van der Waals surface area contributed by atoms with Crippen LogP contribution >= 0.6 is 0 Å². The number of carbonyl (C=O) groups excluding carboxylic acids is 2. The van der Waals surface area contributed by atoms with Gasteiger partial charge in [0.25, 0.3) is 5.91 Å². The van der Waals surface area contributed by atoms with E-state index in [-0.39, 0.29) is 6.54 Å². The van der Waals surface area contributed by atoms with Crippen molar-refractivity contribution in [3.8, 4) is 0 Å². The molecule has 0 rings (SSSR count). The number of carbonyl (C=O) groups is 2. The maximum atomic E-state index is 10.7. The third kappa shape index (κ3) is 3.38. The molecule has 0 fully saturated rings. The van der Waals surface area contributed by atoms with Crippen LogP contribution in [0.3, 0.4) is 0 Å². The molecule has 11 heavy (non-hydrogen) atoms. The molecule has 7 nitrogen and oxygen atoms in total. The molecule has 0 radical (unpaired) electrons. The standard InChI is InChI=1S/C4H11N5O2/c5-1-2(3(10)9-7)8-4(6)11/h2H,1,5,7H2,(H,9,10)(H3,6,8,11). The van der Waals surface area contributed by atoms with Crippen molar-refractivity contribution in [2.45, 2.75) is 6.04 Å². The summed E-state index contributed by atoms with van der Waals surface area (Å²) in [4.78, 5) is 20.9. The van der Waals surface area contributed by atoms with Crippen LogP contribution in [0.15, 0.2) is 0 Å². The highest BCUT2D eigenvalue weighted by Gasteiger charge is 2.15. The Morgan fingerprint density at radius 3 is 2.27 bits per heavy atom. The number of amides is 3. The zero-order valence-electron chi connectivity index (χ0n) is 5.83. The Hall–Kier alpha value is -1.34. The summed E-state index contributed by atoms with van der Waals surface area (Å²) in [5, 5.41) is 2.10. The van der Waals surface area contributed by atoms with E-state index in [1.807, 2.05) is 5.43 Å². The maximum Gasteiger partial charge on any atom is 0.312 e. The Morgan fingerprint density at radius 2 is 2.00 bits per heavy atom. The molecule has 1 unspecified atom stereocenters. The first-order valence-corrected chi connectivity index (χ1v) is 2.88. The summed E-state index contributed by atoms with van der Waals surface area (Å²) in [7, 11) is 0. The maximum absolute atomic E-state index is 10.7. The van der Waals surface area contributed by atoms with Gasteiger partial charge in [-0.05, 0) is 0 Å². The highest BCUT2D eigenvalue weighted by atomic mass is 16.2. The van der Waals surface area contributed by atoms with Gasteiger partial charge in [-0.2, -0.15) is 0 Å². The molecule has 0 heterocycles. The first-order chi connectivity index (χ1) is 5.11. The number of primary amides is 1. The lowest BCUT2D eigenvalue weighted by atomic mass is 10.3. The van der Waals surface area contributed by atoms with Gasteiger partial charge in [-0.15, -0.1) is 0 Å². The van der Waals surface area contributed by atoms with Crippen LogP contribution in [0.25, 0.3) is 0 Å². The summed E-state index contributed by atoms with van der Waals surface area (Å²) in [5.74, 6) is 4.20. The molecule has 8 N–H and O–H groups in total. The normalized spacial score (nSPS) is 11.8. The number of nitrogens with two attached hydrogens (primary N) is 3. The molecular weight excluding hydrogens is 150 g/mol. The summed E-state index contributed by atoms with van der Waals surface area (Å²) in [5.41, 5.74) is 11.7. The topological polar surface area (TPSA) is 136 Å². The lowest BCUT2D eigenvalue weighted by molar-refractivity contribution is -0.122. The van der Waals surface area contributed by atoms with Crippen molar-refractivity contribution < 1.29 is 9.59 Å². The van der Waals surface area contributed by atoms with Crippen molar-refractivity contribution in [3.63, 3.8) is 0 Å². The van der Waals surface area contributed by atoms with Crippen molar-refractivity contribution in [2.75, 3.05) is 6.54 Å². The molecule has 1 atom stereocenters. The Bertz CT molecular complexity index is 159. The van der Waals surface area contributed by atoms with Crippen LogP contribution in [0.2, 0.25) is 0 Å². The monoisotopic (exact) mass is 161 g/mol. The second-order valence-electron chi connectivity index (χ2n) is 1.81. The molecule has 0 spiro atoms. The van der Waals surface area contributed by atoms with Gasteiger partial charge in [-0.25, -0.2) is 10.6 Å². The molecule has 64 valence electrons. The van der Waals surface area contributed by atoms with Gasteiger partial charge in [0.15, 0.2) is 0 Å². The zero-order chi connectivity index (χ0) is 8.85. The van der Waals surface area contributed by atoms with Gasteiger partial charge in [-0.1, -0.05) is 0 Å². The van der Waals surface area contributed by atoms with E-state index in [4.69, 9.17) is 17.3 Å². The van der Waals surface area contributed by atoms with E-state index in [1.165, 1.54) is 0 Å². The van der Waals surface area contributed by atoms with Gasteiger partial charge in [0.1, 0.15) is 6.04 Å². The van der Waals surface area contributed by atoms with Crippen LogP contribution in [0.4, 0.5) is 4.79 Å². The van der Waals surface area contributed by atoms with E-state index in [1.54, 1.807) is 0 Å². The molecule has 0 aromatic carbocycles. The van der Waals surface area contributed by atoms with Gasteiger partial charge in [0.05, 0.1) is 0 Å². The van der Waals surface area contributed by atoms with E-state index in [0.29, 0.717) is 0 Å². The molecule has 0 aliphatic heterocycles. The van der Waals surface area contributed by atoms with Gasteiger partial charge in [-0.3, -0.25) is 10.2 Å². The number of hydrazine groups is 1. The zero-order valence-corrected chi connectivity index (χ0v) is 5.83. The third-order valence-corrected chi connectivity index (χ3v) is 1.01. The van der Waals surface area contributed by atoms with Crippen molar-refractivity contribution in [2.24, 2.45) is 17.3 Å². The van der Waals surface area contributed by atoms with E-state index >= 15 is 0 Å². The number of rotatable bonds is 3. The van der Waals surface area contributed by atoms with Gasteiger partial charge in [0, 0.05) is 6.54 Å². The van der Waals surface area contributed by atoms with Crippen LogP contribution in [0.1, 0.15) is 0 Å². The molecule has 0 bridgehead atoms. The lowest BCUT2D eigenvalue weighted by Gasteiger charge is -2.12. The van der Waals surface area contributed by atoms with E-state index in [9.17, 15) is 9.59 Å². The van der Waals surface area contributed by atoms with Crippen LogP contribution < -0.4 is 28.1 Å². The molecule has 0 aromatic heterocycles. The number of nitrogens with one attached hydrogen (secondary N) is 2. The fourth-order valence-electron chi connectivity index (χ4n) is 0.504. The average molecular weight is 161 g/mol. The molecule has 0 saturated carbocycles. The molecule has 0 aromatic rings. The van der Waals surface area contributed by atoms with Gasteiger partial charge < -0.3 is 16.8 Å². The second-order valence-corrected chi connectivity index (χ2v) is 1.81. The van der Waals surface area contributed by atoms with Crippen LogP contribution in [0, 0.1) is 0 Å². The quantitative estimate of drug-likeness (QED) is 0.171. The third-order valence-electron chi connectivity index (χ3n) is 1.01. The Morgan fingerprint density at radius 1 is 1.45 bits per heavy atom. The highest BCUT2D eigenvalue weighted by molar-refractivity contribution is 5.86. The molecule has 3 amide bonds. The van der Waals surface area contributed by atoms with E-state index in [0.717, 1.165) is 0 Å². The molecular formula is C4H11N5O2. The van der Waals surface area contributed by atoms with Crippen LogP contribution in [-0.4, -0.2) is 24.5 Å². The molecule has 0 aliphatic carbocycles. The molecule has 0 saturated heterocycles. The van der Waals surface area contributed by atoms with E-state index < -0.39 is 18.0 Å². The largest absolute Gasteiger partial charge is 0.352 e. The fourth-order valence-corrected chi connectivity index (χ4v) is 0.504. The minimum Gasteiger partial charge on any atom is -0.352 e. The van der Waals surface area contributed by atoms with Crippen LogP contribution in [-0.2, 0) is 4.79 Å². The van der Waals surface area contributed by atoms with Crippen molar-refractivity contribution >= 4 is 11.9 Å². The molecule has 7 heteroatoms. The summed E-state index contributed by atoms with van der Waals surface area (Å²) in [6, 6.07) is -1.68. The summed E-state index contributed by atoms with van der Waals surface area (Å²) >= 11 is 0. The summed E-state index contributed by atoms with van der Waals surface area (Å²) < 4.78 is 0. The highest BCUT2D eigenvalue weighted by Crippen LogP contribution is 1.77. The SMILES string of the molecule is NCC(NC(N)=O)C(=O)NN. The average Bonchev–Trinajstić information content (AvgIpc) is 1.98. The number of urea groups is 1. The van der Waals surface area contributed by atoms with Crippen molar-refractivity contribution in [1.82, 2.24) is 10.7 Å². The van der Waals surface area contributed by atoms with Crippen molar-refractivity contribution in [1.29, 1.82) is 0 Å².